The third-order valence-corrected chi connectivity index (χ3v) is 5.18. The van der Waals surface area contributed by atoms with Crippen molar-refractivity contribution in [3.8, 4) is 17.6 Å². The molecule has 2 heterocycles. The summed E-state index contributed by atoms with van der Waals surface area (Å²) in [6.07, 6.45) is 2.24. The number of amides is 1. The van der Waals surface area contributed by atoms with E-state index in [1.807, 2.05) is 17.0 Å². The predicted octanol–water partition coefficient (Wildman–Crippen LogP) is 1.83. The Kier molecular flexibility index (Phi) is 5.83. The Morgan fingerprint density at radius 3 is 2.48 bits per heavy atom. The fraction of sp³-hybridized carbons (Fsp3) is 0.550. The standard InChI is InChI=1S/C20H27N3O2/c1-3-5-20(24)23-11-4-6-18(16-23)22-14-12-21(13-15-22)17-7-9-19(25-2)10-8-17/h7-10,18H,4,6,11-16H2,1-2H3. The molecule has 0 N–H and O–H groups in total. The highest BCUT2D eigenvalue weighted by Gasteiger charge is 2.29. The molecule has 0 radical (unpaired) electrons. The van der Waals surface area contributed by atoms with Crippen LogP contribution in [0.2, 0.25) is 0 Å². The molecule has 5 heteroatoms. The summed E-state index contributed by atoms with van der Waals surface area (Å²) in [5.41, 5.74) is 1.25. The molecule has 1 aromatic carbocycles. The second kappa shape index (κ2) is 8.26. The van der Waals surface area contributed by atoms with Gasteiger partial charge in [-0.2, -0.15) is 0 Å². The quantitative estimate of drug-likeness (QED) is 0.786. The van der Waals surface area contributed by atoms with E-state index in [2.05, 4.69) is 33.8 Å². The van der Waals surface area contributed by atoms with Crippen molar-refractivity contribution in [2.75, 3.05) is 51.3 Å². The predicted molar refractivity (Wildman–Crippen MR) is 99.8 cm³/mol. The second-order valence-corrected chi connectivity index (χ2v) is 6.64. The molecule has 2 saturated heterocycles. The maximum atomic E-state index is 12.0. The van der Waals surface area contributed by atoms with Gasteiger partial charge >= 0.3 is 0 Å². The average molecular weight is 341 g/mol. The number of piperazine rings is 1. The van der Waals surface area contributed by atoms with Gasteiger partial charge < -0.3 is 14.5 Å². The minimum absolute atomic E-state index is 0.0240. The molecule has 2 aliphatic rings. The molecule has 1 amide bonds. The number of piperidine rings is 1. The Morgan fingerprint density at radius 2 is 1.84 bits per heavy atom. The number of benzene rings is 1. The first-order valence-electron chi connectivity index (χ1n) is 9.06. The first-order valence-corrected chi connectivity index (χ1v) is 9.06. The van der Waals surface area contributed by atoms with Gasteiger partial charge in [-0.05, 0) is 50.0 Å². The van der Waals surface area contributed by atoms with Crippen molar-refractivity contribution in [2.45, 2.75) is 25.8 Å². The Hall–Kier alpha value is -2.19. The largest absolute Gasteiger partial charge is 0.497 e. The molecule has 0 saturated carbocycles. The molecular formula is C20H27N3O2. The third-order valence-electron chi connectivity index (χ3n) is 5.18. The van der Waals surface area contributed by atoms with Crippen LogP contribution in [0.5, 0.6) is 5.75 Å². The number of methoxy groups -OCH3 is 1. The van der Waals surface area contributed by atoms with Gasteiger partial charge in [-0.1, -0.05) is 5.92 Å². The Bertz CT molecular complexity index is 639. The molecule has 1 aromatic rings. The number of rotatable bonds is 3. The lowest BCUT2D eigenvalue weighted by Gasteiger charge is -2.43. The van der Waals surface area contributed by atoms with Gasteiger partial charge in [-0.3, -0.25) is 9.69 Å². The highest BCUT2D eigenvalue weighted by atomic mass is 16.5. The number of likely N-dealkylation sites (tertiary alicyclic amines) is 1. The molecule has 134 valence electrons. The number of hydrogen-bond acceptors (Lipinski definition) is 4. The first kappa shape index (κ1) is 17.6. The smallest absolute Gasteiger partial charge is 0.298 e. The molecule has 1 atom stereocenters. The lowest BCUT2D eigenvalue weighted by molar-refractivity contribution is -0.127. The Balaban J connectivity index is 1.54. The van der Waals surface area contributed by atoms with Crippen LogP contribution in [0.25, 0.3) is 0 Å². The third kappa shape index (κ3) is 4.26. The zero-order chi connectivity index (χ0) is 17.6. The fourth-order valence-corrected chi connectivity index (χ4v) is 3.76. The molecule has 25 heavy (non-hydrogen) atoms. The van der Waals surface area contributed by atoms with Crippen LogP contribution in [0.3, 0.4) is 0 Å². The van der Waals surface area contributed by atoms with Crippen LogP contribution in [0.4, 0.5) is 5.69 Å². The molecule has 3 rings (SSSR count). The summed E-state index contributed by atoms with van der Waals surface area (Å²) in [4.78, 5) is 18.9. The summed E-state index contributed by atoms with van der Waals surface area (Å²) < 4.78 is 5.23. The van der Waals surface area contributed by atoms with Crippen molar-refractivity contribution in [3.63, 3.8) is 0 Å². The van der Waals surface area contributed by atoms with Crippen molar-refractivity contribution in [1.29, 1.82) is 0 Å². The van der Waals surface area contributed by atoms with Crippen LogP contribution in [-0.2, 0) is 4.79 Å². The van der Waals surface area contributed by atoms with Gasteiger partial charge in [0.1, 0.15) is 5.75 Å². The second-order valence-electron chi connectivity index (χ2n) is 6.64. The minimum Gasteiger partial charge on any atom is -0.497 e. The summed E-state index contributed by atoms with van der Waals surface area (Å²) >= 11 is 0. The molecule has 0 spiro atoms. The summed E-state index contributed by atoms with van der Waals surface area (Å²) in [6.45, 7) is 7.50. The van der Waals surface area contributed by atoms with E-state index in [9.17, 15) is 4.79 Å². The first-order chi connectivity index (χ1) is 12.2. The number of carbonyl (C=O) groups excluding carboxylic acids is 1. The number of anilines is 1. The van der Waals surface area contributed by atoms with Gasteiger partial charge in [0.15, 0.2) is 0 Å². The molecule has 5 nitrogen and oxygen atoms in total. The number of ether oxygens (including phenoxy) is 1. The van der Waals surface area contributed by atoms with Crippen molar-refractivity contribution in [2.24, 2.45) is 0 Å². The van der Waals surface area contributed by atoms with E-state index in [-0.39, 0.29) is 5.91 Å². The van der Waals surface area contributed by atoms with E-state index in [1.54, 1.807) is 14.0 Å². The highest BCUT2D eigenvalue weighted by molar-refractivity contribution is 5.93. The van der Waals surface area contributed by atoms with Crippen molar-refractivity contribution in [1.82, 2.24) is 9.80 Å². The van der Waals surface area contributed by atoms with E-state index in [4.69, 9.17) is 4.74 Å². The van der Waals surface area contributed by atoms with Gasteiger partial charge in [0, 0.05) is 51.0 Å². The van der Waals surface area contributed by atoms with Crippen LogP contribution >= 0.6 is 0 Å². The maximum Gasteiger partial charge on any atom is 0.298 e. The molecule has 0 aliphatic carbocycles. The fourth-order valence-electron chi connectivity index (χ4n) is 3.76. The molecule has 1 unspecified atom stereocenters. The van der Waals surface area contributed by atoms with E-state index < -0.39 is 0 Å². The van der Waals surface area contributed by atoms with Crippen molar-refractivity contribution < 1.29 is 9.53 Å². The summed E-state index contributed by atoms with van der Waals surface area (Å²) in [5, 5.41) is 0. The number of carbonyl (C=O) groups is 1. The monoisotopic (exact) mass is 341 g/mol. The highest BCUT2D eigenvalue weighted by Crippen LogP contribution is 2.23. The molecule has 2 aliphatic heterocycles. The molecule has 0 aromatic heterocycles. The van der Waals surface area contributed by atoms with E-state index >= 15 is 0 Å². The van der Waals surface area contributed by atoms with Crippen LogP contribution in [0.1, 0.15) is 19.8 Å². The van der Waals surface area contributed by atoms with E-state index in [0.717, 1.165) is 51.4 Å². The lowest BCUT2D eigenvalue weighted by atomic mass is 10.0. The average Bonchev–Trinajstić information content (AvgIpc) is 2.68. The summed E-state index contributed by atoms with van der Waals surface area (Å²) in [7, 11) is 1.69. The summed E-state index contributed by atoms with van der Waals surface area (Å²) in [6, 6.07) is 8.74. The molecule has 2 fully saturated rings. The normalized spacial score (nSPS) is 21.4. The maximum absolute atomic E-state index is 12.0. The van der Waals surface area contributed by atoms with Gasteiger partial charge in [0.25, 0.3) is 5.91 Å². The molecule has 0 bridgehead atoms. The van der Waals surface area contributed by atoms with Crippen molar-refractivity contribution >= 4 is 11.6 Å². The summed E-state index contributed by atoms with van der Waals surface area (Å²) in [5.74, 6) is 6.27. The van der Waals surface area contributed by atoms with Crippen molar-refractivity contribution in [3.05, 3.63) is 24.3 Å². The van der Waals surface area contributed by atoms with E-state index in [1.165, 1.54) is 12.1 Å². The van der Waals surface area contributed by atoms with Crippen LogP contribution < -0.4 is 9.64 Å². The number of hydrogen-bond donors (Lipinski definition) is 0. The minimum atomic E-state index is -0.0240. The SMILES string of the molecule is CC#CC(=O)N1CCCC(N2CCN(c3ccc(OC)cc3)CC2)C1. The van der Waals surface area contributed by atoms with E-state index in [0.29, 0.717) is 6.04 Å². The van der Waals surface area contributed by atoms with Crippen LogP contribution in [0, 0.1) is 11.8 Å². The van der Waals surface area contributed by atoms with Crippen LogP contribution in [-0.4, -0.2) is 68.1 Å². The lowest BCUT2D eigenvalue weighted by Crippen LogP contribution is -2.55. The zero-order valence-electron chi connectivity index (χ0n) is 15.2. The van der Waals surface area contributed by atoms with Gasteiger partial charge in [0.05, 0.1) is 7.11 Å². The van der Waals surface area contributed by atoms with Gasteiger partial charge in [-0.25, -0.2) is 0 Å². The van der Waals surface area contributed by atoms with Crippen LogP contribution in [0.15, 0.2) is 24.3 Å². The van der Waals surface area contributed by atoms with Gasteiger partial charge in [-0.15, -0.1) is 0 Å². The van der Waals surface area contributed by atoms with Gasteiger partial charge in [0.2, 0.25) is 0 Å². The zero-order valence-corrected chi connectivity index (χ0v) is 15.2. The Labute approximate surface area is 150 Å². The molecular weight excluding hydrogens is 314 g/mol. The topological polar surface area (TPSA) is 36.0 Å². The number of nitrogens with zero attached hydrogens (tertiary/aromatic N) is 3. The Morgan fingerprint density at radius 1 is 1.12 bits per heavy atom.